The van der Waals surface area contributed by atoms with Crippen molar-refractivity contribution in [2.75, 3.05) is 0 Å². The fourth-order valence-corrected chi connectivity index (χ4v) is 3.25. The highest BCUT2D eigenvalue weighted by atomic mass is 35.5. The Morgan fingerprint density at radius 2 is 2.15 bits per heavy atom. The van der Waals surface area contributed by atoms with Crippen LogP contribution in [0.3, 0.4) is 0 Å². The van der Waals surface area contributed by atoms with E-state index >= 15 is 0 Å². The average molecular weight is 307 g/mol. The minimum atomic E-state index is -0.571. The zero-order valence-corrected chi connectivity index (χ0v) is 12.5. The van der Waals surface area contributed by atoms with Crippen molar-refractivity contribution in [3.63, 3.8) is 0 Å². The van der Waals surface area contributed by atoms with Gasteiger partial charge in [-0.3, -0.25) is 0 Å². The molecule has 0 aliphatic rings. The lowest BCUT2D eigenvalue weighted by Gasteiger charge is -2.06. The number of fused-ring (bicyclic) bond motifs is 1. The molecule has 3 aromatic rings. The first kappa shape index (κ1) is 13.7. The van der Waals surface area contributed by atoms with Gasteiger partial charge in [-0.1, -0.05) is 29.8 Å². The maximum absolute atomic E-state index is 10.2. The lowest BCUT2D eigenvalue weighted by Crippen LogP contribution is -1.96. The quantitative estimate of drug-likeness (QED) is 0.702. The monoisotopic (exact) mass is 306 g/mol. The summed E-state index contributed by atoms with van der Waals surface area (Å²) in [5.41, 5.74) is 0.654. The van der Waals surface area contributed by atoms with Crippen LogP contribution in [0.15, 0.2) is 46.2 Å². The molecule has 1 unspecified atom stereocenters. The normalized spacial score (nSPS) is 12.9. The third kappa shape index (κ3) is 2.90. The van der Waals surface area contributed by atoms with Gasteiger partial charge in [-0.25, -0.2) is 0 Å². The number of rotatable bonds is 5. The summed E-state index contributed by atoms with van der Waals surface area (Å²) in [6.45, 7) is 0. The van der Waals surface area contributed by atoms with E-state index in [0.29, 0.717) is 22.8 Å². The predicted molar refractivity (Wildman–Crippen MR) is 83.4 cm³/mol. The number of benzene rings is 1. The molecule has 1 N–H and O–H groups in total. The maximum Gasteiger partial charge on any atom is 0.152 e. The summed E-state index contributed by atoms with van der Waals surface area (Å²) in [4.78, 5) is 1.35. The fraction of sp³-hybridized carbons (Fsp3) is 0.250. The summed E-state index contributed by atoms with van der Waals surface area (Å²) < 4.78 is 5.67. The van der Waals surface area contributed by atoms with Crippen molar-refractivity contribution in [3.8, 4) is 0 Å². The van der Waals surface area contributed by atoms with Gasteiger partial charge in [0.25, 0.3) is 0 Å². The van der Waals surface area contributed by atoms with E-state index < -0.39 is 6.10 Å². The van der Waals surface area contributed by atoms with Gasteiger partial charge < -0.3 is 9.52 Å². The van der Waals surface area contributed by atoms with Crippen LogP contribution in [0.2, 0.25) is 5.02 Å². The Labute approximate surface area is 126 Å². The molecule has 0 spiro atoms. The largest absolute Gasteiger partial charge is 0.457 e. The molecule has 4 heteroatoms. The molecule has 0 fully saturated rings. The topological polar surface area (TPSA) is 33.4 Å². The summed E-state index contributed by atoms with van der Waals surface area (Å²) in [5, 5.41) is 13.8. The summed E-state index contributed by atoms with van der Waals surface area (Å²) in [5.74, 6) is 0.597. The molecule has 2 nitrogen and oxygen atoms in total. The third-order valence-corrected chi connectivity index (χ3v) is 4.56. The standard InChI is InChI=1S/C16H15ClO2S/c17-13-7-1-4-11-10-15(19-16(11)13)14(18)8-2-5-12-6-3-9-20-12/h1,3-4,6-7,9-10,14,18H,2,5,8H2. The van der Waals surface area contributed by atoms with Gasteiger partial charge in [-0.15, -0.1) is 11.3 Å². The summed E-state index contributed by atoms with van der Waals surface area (Å²) in [6, 6.07) is 11.7. The number of thiophene rings is 1. The number of hydrogen-bond donors (Lipinski definition) is 1. The molecule has 2 aromatic heterocycles. The first-order valence-electron chi connectivity index (χ1n) is 6.62. The zero-order valence-electron chi connectivity index (χ0n) is 10.9. The van der Waals surface area contributed by atoms with Gasteiger partial charge in [0.05, 0.1) is 5.02 Å². The van der Waals surface area contributed by atoms with Crippen LogP contribution in [-0.2, 0) is 6.42 Å². The molecule has 0 aliphatic heterocycles. The second kappa shape index (κ2) is 6.00. The molecule has 0 bridgehead atoms. The van der Waals surface area contributed by atoms with Gasteiger partial charge in [0, 0.05) is 10.3 Å². The van der Waals surface area contributed by atoms with Crippen LogP contribution >= 0.6 is 22.9 Å². The van der Waals surface area contributed by atoms with Crippen LogP contribution in [0, 0.1) is 0 Å². The predicted octanol–water partition coefficient (Wildman–Crippen LogP) is 5.20. The first-order valence-corrected chi connectivity index (χ1v) is 7.88. The lowest BCUT2D eigenvalue weighted by molar-refractivity contribution is 0.140. The smallest absolute Gasteiger partial charge is 0.152 e. The Kier molecular flexibility index (Phi) is 4.10. The van der Waals surface area contributed by atoms with E-state index in [4.69, 9.17) is 16.0 Å². The third-order valence-electron chi connectivity index (χ3n) is 3.32. The van der Waals surface area contributed by atoms with E-state index in [2.05, 4.69) is 17.5 Å². The molecule has 20 heavy (non-hydrogen) atoms. The molecular weight excluding hydrogens is 292 g/mol. The van der Waals surface area contributed by atoms with E-state index in [-0.39, 0.29) is 0 Å². The van der Waals surface area contributed by atoms with Gasteiger partial charge in [0.1, 0.15) is 11.9 Å². The highest BCUT2D eigenvalue weighted by molar-refractivity contribution is 7.09. The van der Waals surface area contributed by atoms with Crippen LogP contribution in [0.25, 0.3) is 11.0 Å². The summed E-state index contributed by atoms with van der Waals surface area (Å²) in [7, 11) is 0. The Morgan fingerprint density at radius 3 is 2.90 bits per heavy atom. The van der Waals surface area contributed by atoms with Crippen LogP contribution in [0.4, 0.5) is 0 Å². The number of aliphatic hydroxyl groups excluding tert-OH is 1. The van der Waals surface area contributed by atoms with Crippen molar-refractivity contribution in [2.24, 2.45) is 0 Å². The van der Waals surface area contributed by atoms with E-state index in [0.717, 1.165) is 18.2 Å². The Bertz CT molecular complexity index is 688. The van der Waals surface area contributed by atoms with Gasteiger partial charge >= 0.3 is 0 Å². The van der Waals surface area contributed by atoms with Crippen molar-refractivity contribution in [2.45, 2.75) is 25.4 Å². The molecule has 0 saturated heterocycles. The summed E-state index contributed by atoms with van der Waals surface area (Å²) in [6.07, 6.45) is 2.05. The SMILES string of the molecule is OC(CCCc1cccs1)c1cc2cccc(Cl)c2o1. The van der Waals surface area contributed by atoms with Crippen LogP contribution in [-0.4, -0.2) is 5.11 Å². The van der Waals surface area contributed by atoms with Gasteiger partial charge in [-0.2, -0.15) is 0 Å². The zero-order chi connectivity index (χ0) is 13.9. The van der Waals surface area contributed by atoms with E-state index in [1.165, 1.54) is 4.88 Å². The first-order chi connectivity index (χ1) is 9.74. The Morgan fingerprint density at radius 1 is 1.25 bits per heavy atom. The second-order valence-electron chi connectivity index (χ2n) is 4.79. The highest BCUT2D eigenvalue weighted by Gasteiger charge is 2.14. The minimum absolute atomic E-state index is 0.571. The van der Waals surface area contributed by atoms with Crippen LogP contribution < -0.4 is 0 Å². The molecule has 0 amide bonds. The van der Waals surface area contributed by atoms with Crippen molar-refractivity contribution in [1.29, 1.82) is 0 Å². The lowest BCUT2D eigenvalue weighted by atomic mass is 10.1. The molecule has 1 atom stereocenters. The number of halogens is 1. The highest BCUT2D eigenvalue weighted by Crippen LogP contribution is 2.31. The minimum Gasteiger partial charge on any atom is -0.457 e. The average Bonchev–Trinajstić information content (AvgIpc) is 3.07. The van der Waals surface area contributed by atoms with Crippen molar-refractivity contribution in [1.82, 2.24) is 0 Å². The number of aryl methyl sites for hydroxylation is 1. The van der Waals surface area contributed by atoms with E-state index in [1.54, 1.807) is 17.4 Å². The Balaban J connectivity index is 1.66. The molecule has 1 aromatic carbocycles. The molecular formula is C16H15ClO2S. The summed E-state index contributed by atoms with van der Waals surface area (Å²) >= 11 is 7.83. The molecule has 2 heterocycles. The fourth-order valence-electron chi connectivity index (χ4n) is 2.28. The Hall–Kier alpha value is -1.29. The molecule has 3 rings (SSSR count). The molecule has 104 valence electrons. The number of para-hydroxylation sites is 1. The van der Waals surface area contributed by atoms with Crippen molar-refractivity contribution >= 4 is 33.9 Å². The molecule has 0 saturated carbocycles. The maximum atomic E-state index is 10.2. The van der Waals surface area contributed by atoms with Crippen LogP contribution in [0.5, 0.6) is 0 Å². The van der Waals surface area contributed by atoms with Crippen LogP contribution in [0.1, 0.15) is 29.6 Å². The van der Waals surface area contributed by atoms with E-state index in [9.17, 15) is 5.11 Å². The molecule has 0 aliphatic carbocycles. The number of hydrogen-bond acceptors (Lipinski definition) is 3. The van der Waals surface area contributed by atoms with Gasteiger partial charge in [0.15, 0.2) is 5.58 Å². The second-order valence-corrected chi connectivity index (χ2v) is 6.23. The van der Waals surface area contributed by atoms with Crippen molar-refractivity contribution in [3.05, 3.63) is 57.4 Å². The molecule has 0 radical (unpaired) electrons. The number of aliphatic hydroxyl groups is 1. The van der Waals surface area contributed by atoms with Gasteiger partial charge in [0.2, 0.25) is 0 Å². The number of furan rings is 1. The van der Waals surface area contributed by atoms with Crippen molar-refractivity contribution < 1.29 is 9.52 Å². The van der Waals surface area contributed by atoms with E-state index in [1.807, 2.05) is 18.2 Å². The van der Waals surface area contributed by atoms with Gasteiger partial charge in [-0.05, 0) is 42.8 Å².